The minimum absolute atomic E-state index is 0.113. The maximum absolute atomic E-state index is 12.8. The third kappa shape index (κ3) is 5.91. The molecule has 0 aliphatic heterocycles. The van der Waals surface area contributed by atoms with E-state index >= 15 is 0 Å². The van der Waals surface area contributed by atoms with Crippen molar-refractivity contribution in [1.29, 1.82) is 0 Å². The Balaban J connectivity index is 1.42. The lowest BCUT2D eigenvalue weighted by Gasteiger charge is -2.25. The van der Waals surface area contributed by atoms with E-state index < -0.39 is 12.0 Å². The molecule has 0 saturated heterocycles. The summed E-state index contributed by atoms with van der Waals surface area (Å²) in [5.74, 6) is -0.290. The van der Waals surface area contributed by atoms with E-state index in [9.17, 15) is 9.59 Å². The Bertz CT molecular complexity index is 1090. The van der Waals surface area contributed by atoms with Crippen molar-refractivity contribution in [1.82, 2.24) is 5.32 Å². The Kier molecular flexibility index (Phi) is 7.76. The van der Waals surface area contributed by atoms with Gasteiger partial charge in [0.05, 0.1) is 0 Å². The molecule has 2 atom stereocenters. The highest BCUT2D eigenvalue weighted by Crippen LogP contribution is 2.37. The fourth-order valence-electron chi connectivity index (χ4n) is 4.91. The molecule has 0 radical (unpaired) electrons. The first kappa shape index (κ1) is 23.7. The standard InChI is InChI=1S/C29H32N2O3/c30-27(29(33)34)18-20-10-12-25(13-11-20)28(32)31-19-26(23-8-4-5-9-23)24-16-14-22(15-17-24)21-6-2-1-3-7-21/h1-3,6-7,10-17,23,26-27H,4-5,8-9,18-19,30H2,(H,31,32)(H,33,34)/t26?,27-/m0/s1. The number of benzene rings is 3. The molecule has 4 N–H and O–H groups in total. The maximum atomic E-state index is 12.8. The van der Waals surface area contributed by atoms with Crippen molar-refractivity contribution in [2.75, 3.05) is 6.54 Å². The summed E-state index contributed by atoms with van der Waals surface area (Å²) in [6.45, 7) is 0.597. The zero-order valence-corrected chi connectivity index (χ0v) is 19.3. The Morgan fingerprint density at radius 3 is 2.12 bits per heavy atom. The molecule has 1 aliphatic carbocycles. The predicted octanol–water partition coefficient (Wildman–Crippen LogP) is 5.01. The van der Waals surface area contributed by atoms with Gasteiger partial charge in [0.1, 0.15) is 6.04 Å². The van der Waals surface area contributed by atoms with Crippen LogP contribution in [0.2, 0.25) is 0 Å². The van der Waals surface area contributed by atoms with Crippen LogP contribution in [-0.4, -0.2) is 29.6 Å². The molecule has 0 spiro atoms. The van der Waals surface area contributed by atoms with Gasteiger partial charge in [0, 0.05) is 18.0 Å². The summed E-state index contributed by atoms with van der Waals surface area (Å²) in [6.07, 6.45) is 5.12. The number of aliphatic carboxylic acids is 1. The first-order chi connectivity index (χ1) is 16.5. The van der Waals surface area contributed by atoms with Crippen molar-refractivity contribution < 1.29 is 14.7 Å². The van der Waals surface area contributed by atoms with Gasteiger partial charge in [-0.2, -0.15) is 0 Å². The maximum Gasteiger partial charge on any atom is 0.320 e. The van der Waals surface area contributed by atoms with Crippen LogP contribution in [0.25, 0.3) is 11.1 Å². The van der Waals surface area contributed by atoms with E-state index in [0.717, 1.165) is 5.56 Å². The van der Waals surface area contributed by atoms with E-state index in [2.05, 4.69) is 41.7 Å². The quantitative estimate of drug-likeness (QED) is 0.422. The second kappa shape index (κ2) is 11.1. The molecule has 1 aliphatic rings. The molecule has 176 valence electrons. The number of carboxylic acids is 1. The van der Waals surface area contributed by atoms with Gasteiger partial charge in [-0.25, -0.2) is 0 Å². The summed E-state index contributed by atoms with van der Waals surface area (Å²) >= 11 is 0. The Labute approximate surface area is 201 Å². The van der Waals surface area contributed by atoms with Gasteiger partial charge in [-0.1, -0.05) is 79.6 Å². The largest absolute Gasteiger partial charge is 0.480 e. The molecule has 1 unspecified atom stereocenters. The average Bonchev–Trinajstić information content (AvgIpc) is 3.40. The lowest BCUT2D eigenvalue weighted by atomic mass is 9.84. The molecule has 0 bridgehead atoms. The molecule has 3 aromatic rings. The predicted molar refractivity (Wildman–Crippen MR) is 135 cm³/mol. The number of amides is 1. The van der Waals surface area contributed by atoms with Crippen molar-refractivity contribution in [3.8, 4) is 11.1 Å². The first-order valence-electron chi connectivity index (χ1n) is 12.0. The first-order valence-corrected chi connectivity index (χ1v) is 12.0. The van der Waals surface area contributed by atoms with Crippen LogP contribution in [-0.2, 0) is 11.2 Å². The summed E-state index contributed by atoms with van der Waals surface area (Å²) < 4.78 is 0. The number of carbonyl (C=O) groups excluding carboxylic acids is 1. The average molecular weight is 457 g/mol. The Morgan fingerprint density at radius 2 is 1.50 bits per heavy atom. The van der Waals surface area contributed by atoms with E-state index in [1.807, 2.05) is 18.2 Å². The second-order valence-corrected chi connectivity index (χ2v) is 9.19. The highest BCUT2D eigenvalue weighted by Gasteiger charge is 2.27. The van der Waals surface area contributed by atoms with Gasteiger partial charge in [0.2, 0.25) is 0 Å². The minimum atomic E-state index is -1.03. The van der Waals surface area contributed by atoms with Crippen LogP contribution < -0.4 is 11.1 Å². The zero-order valence-electron chi connectivity index (χ0n) is 19.3. The van der Waals surface area contributed by atoms with Crippen LogP contribution in [0.3, 0.4) is 0 Å². The number of rotatable bonds is 9. The van der Waals surface area contributed by atoms with Crippen molar-refractivity contribution >= 4 is 11.9 Å². The summed E-state index contributed by atoms with van der Waals surface area (Å²) in [4.78, 5) is 23.8. The van der Waals surface area contributed by atoms with Gasteiger partial charge >= 0.3 is 5.97 Å². The van der Waals surface area contributed by atoms with Gasteiger partial charge in [-0.3, -0.25) is 9.59 Å². The molecule has 1 amide bonds. The lowest BCUT2D eigenvalue weighted by Crippen LogP contribution is -2.32. The SMILES string of the molecule is N[C@@H](Cc1ccc(C(=O)NCC(c2ccc(-c3ccccc3)cc2)C2CCCC2)cc1)C(=O)O. The number of carbonyl (C=O) groups is 2. The van der Waals surface area contributed by atoms with Crippen LogP contribution in [0.15, 0.2) is 78.9 Å². The lowest BCUT2D eigenvalue weighted by molar-refractivity contribution is -0.138. The van der Waals surface area contributed by atoms with Crippen LogP contribution in [0.4, 0.5) is 0 Å². The van der Waals surface area contributed by atoms with Crippen molar-refractivity contribution in [3.63, 3.8) is 0 Å². The molecule has 0 heterocycles. The monoisotopic (exact) mass is 456 g/mol. The smallest absolute Gasteiger partial charge is 0.320 e. The fourth-order valence-corrected chi connectivity index (χ4v) is 4.91. The van der Waals surface area contributed by atoms with Crippen LogP contribution >= 0.6 is 0 Å². The van der Waals surface area contributed by atoms with Gasteiger partial charge < -0.3 is 16.2 Å². The summed E-state index contributed by atoms with van der Waals surface area (Å²) in [5.41, 5.74) is 10.6. The summed E-state index contributed by atoms with van der Waals surface area (Å²) in [7, 11) is 0. The third-order valence-electron chi connectivity index (χ3n) is 6.89. The summed E-state index contributed by atoms with van der Waals surface area (Å²) in [5, 5.41) is 12.1. The Hall–Kier alpha value is -3.44. The van der Waals surface area contributed by atoms with Crippen LogP contribution in [0, 0.1) is 5.92 Å². The van der Waals surface area contributed by atoms with Gasteiger partial charge in [0.25, 0.3) is 5.91 Å². The van der Waals surface area contributed by atoms with E-state index in [0.29, 0.717) is 18.0 Å². The molecule has 5 heteroatoms. The van der Waals surface area contributed by atoms with Crippen molar-refractivity contribution in [2.45, 2.75) is 44.1 Å². The van der Waals surface area contributed by atoms with E-state index in [4.69, 9.17) is 10.8 Å². The van der Waals surface area contributed by atoms with Crippen LogP contribution in [0.1, 0.15) is 53.1 Å². The molecule has 34 heavy (non-hydrogen) atoms. The molecular weight excluding hydrogens is 424 g/mol. The fraction of sp³-hybridized carbons (Fsp3) is 0.310. The molecule has 1 saturated carbocycles. The molecule has 4 rings (SSSR count). The molecule has 5 nitrogen and oxygen atoms in total. The molecular formula is C29H32N2O3. The topological polar surface area (TPSA) is 92.4 Å². The summed E-state index contributed by atoms with van der Waals surface area (Å²) in [6, 6.07) is 25.2. The highest BCUT2D eigenvalue weighted by atomic mass is 16.4. The number of hydrogen-bond acceptors (Lipinski definition) is 3. The van der Waals surface area contributed by atoms with Gasteiger partial charge in [-0.15, -0.1) is 0 Å². The normalized spacial score (nSPS) is 15.6. The Morgan fingerprint density at radius 1 is 0.882 bits per heavy atom. The van der Waals surface area contributed by atoms with Gasteiger partial charge in [-0.05, 0) is 59.6 Å². The second-order valence-electron chi connectivity index (χ2n) is 9.19. The van der Waals surface area contributed by atoms with Crippen molar-refractivity contribution in [2.24, 2.45) is 11.7 Å². The zero-order chi connectivity index (χ0) is 23.9. The van der Waals surface area contributed by atoms with Crippen molar-refractivity contribution in [3.05, 3.63) is 95.6 Å². The molecule has 0 aromatic heterocycles. The molecule has 1 fully saturated rings. The van der Waals surface area contributed by atoms with E-state index in [-0.39, 0.29) is 18.2 Å². The highest BCUT2D eigenvalue weighted by molar-refractivity contribution is 5.94. The minimum Gasteiger partial charge on any atom is -0.480 e. The van der Waals surface area contributed by atoms with E-state index in [1.165, 1.54) is 42.4 Å². The number of hydrogen-bond donors (Lipinski definition) is 3. The number of nitrogens with two attached hydrogens (primary N) is 1. The number of nitrogens with one attached hydrogen (secondary N) is 1. The van der Waals surface area contributed by atoms with Crippen LogP contribution in [0.5, 0.6) is 0 Å². The van der Waals surface area contributed by atoms with Gasteiger partial charge in [0.15, 0.2) is 0 Å². The molecule has 3 aromatic carbocycles. The number of carboxylic acid groups (broad SMARTS) is 1. The third-order valence-corrected chi connectivity index (χ3v) is 6.89. The van der Waals surface area contributed by atoms with E-state index in [1.54, 1.807) is 24.3 Å².